The number of ketones is 2. The number of carbonyl (C=O) groups excluding carboxylic acids is 2. The van der Waals surface area contributed by atoms with E-state index < -0.39 is 6.04 Å². The quantitative estimate of drug-likeness (QED) is 0.156. The largest absolute Gasteiger partial charge is 0.323 e. The van der Waals surface area contributed by atoms with E-state index in [0.717, 1.165) is 22.8 Å². The van der Waals surface area contributed by atoms with E-state index in [1.165, 1.54) is 16.3 Å². The normalized spacial score (nSPS) is 18.3. The zero-order chi connectivity index (χ0) is 25.0. The average molecular weight is 472 g/mol. The first-order valence-electron chi connectivity index (χ1n) is 12.2. The van der Waals surface area contributed by atoms with Crippen LogP contribution in [-0.2, 0) is 15.0 Å². The molecule has 36 heavy (non-hydrogen) atoms. The molecule has 0 saturated heterocycles. The second-order valence-electron chi connectivity index (χ2n) is 9.98. The first kappa shape index (κ1) is 22.2. The summed E-state index contributed by atoms with van der Waals surface area (Å²) in [5.74, 6) is -0.296. The Balaban J connectivity index is 1.40. The van der Waals surface area contributed by atoms with Crippen LogP contribution in [-0.4, -0.2) is 34.9 Å². The van der Waals surface area contributed by atoms with Crippen LogP contribution in [0.1, 0.15) is 19.4 Å². The van der Waals surface area contributed by atoms with Crippen molar-refractivity contribution in [1.29, 1.82) is 0 Å². The number of para-hydroxylation sites is 2. The lowest BCUT2D eigenvalue weighted by atomic mass is 9.75. The van der Waals surface area contributed by atoms with Crippen LogP contribution >= 0.6 is 0 Å². The Morgan fingerprint density at radius 1 is 0.750 bits per heavy atom. The molecule has 176 valence electrons. The highest BCUT2D eigenvalue weighted by Crippen LogP contribution is 2.44. The summed E-state index contributed by atoms with van der Waals surface area (Å²) in [7, 11) is 2.01. The monoisotopic (exact) mass is 471 g/mol. The van der Waals surface area contributed by atoms with Gasteiger partial charge in [-0.15, -0.1) is 0 Å². The van der Waals surface area contributed by atoms with Crippen molar-refractivity contribution >= 4 is 45.1 Å². The second kappa shape index (κ2) is 8.13. The number of benzene rings is 4. The van der Waals surface area contributed by atoms with E-state index in [-0.39, 0.29) is 22.6 Å². The van der Waals surface area contributed by atoms with Crippen molar-refractivity contribution in [2.45, 2.75) is 25.3 Å². The number of hydrogen-bond donors (Lipinski definition) is 0. The zero-order valence-corrected chi connectivity index (χ0v) is 20.6. The standard InChI is InChI=1S/C32H27N2O2/c1-32(2)27(33(3)26-19-18-21-12-10-11-17-24(21)28(26)32)20-25-30(35)29(31(25)36)34(22-13-6-4-7-14-22)23-15-8-5-9-16-23/h4-20,29H,1-3H3/q+1. The maximum Gasteiger partial charge on any atom is 0.210 e. The molecule has 4 aromatic rings. The molecule has 1 saturated carbocycles. The lowest BCUT2D eigenvalue weighted by molar-refractivity contribution is -0.401. The summed E-state index contributed by atoms with van der Waals surface area (Å²) in [6, 6.07) is 31.0. The van der Waals surface area contributed by atoms with Gasteiger partial charge in [0.25, 0.3) is 0 Å². The van der Waals surface area contributed by atoms with Crippen LogP contribution in [0.3, 0.4) is 0 Å². The molecule has 0 aromatic heterocycles. The number of anilines is 2. The van der Waals surface area contributed by atoms with E-state index in [1.54, 1.807) is 0 Å². The van der Waals surface area contributed by atoms with Crippen molar-refractivity contribution in [3.05, 3.63) is 114 Å². The molecule has 1 heterocycles. The summed E-state index contributed by atoms with van der Waals surface area (Å²) in [5.41, 5.74) is 4.83. The molecule has 0 unspecified atom stereocenters. The van der Waals surface area contributed by atoms with Crippen LogP contribution in [0, 0.1) is 0 Å². The molecule has 4 nitrogen and oxygen atoms in total. The molecule has 1 aliphatic heterocycles. The SMILES string of the molecule is C[N+]1=C(C=C2C(=O)C(N(c3ccccc3)c3ccccc3)C2=O)C(C)(C)c2c1ccc1ccccc21. The van der Waals surface area contributed by atoms with Crippen molar-refractivity contribution in [1.82, 2.24) is 0 Å². The molecule has 1 aliphatic carbocycles. The van der Waals surface area contributed by atoms with E-state index in [4.69, 9.17) is 0 Å². The predicted molar refractivity (Wildman–Crippen MR) is 145 cm³/mol. The highest BCUT2D eigenvalue weighted by Gasteiger charge is 2.51. The van der Waals surface area contributed by atoms with Gasteiger partial charge in [0, 0.05) is 29.1 Å². The first-order chi connectivity index (χ1) is 17.4. The topological polar surface area (TPSA) is 40.4 Å². The summed E-state index contributed by atoms with van der Waals surface area (Å²) in [5, 5.41) is 2.38. The van der Waals surface area contributed by atoms with Gasteiger partial charge in [-0.25, -0.2) is 0 Å². The number of hydrogen-bond acceptors (Lipinski definition) is 3. The van der Waals surface area contributed by atoms with E-state index in [1.807, 2.05) is 84.8 Å². The third kappa shape index (κ3) is 3.18. The van der Waals surface area contributed by atoms with Gasteiger partial charge < -0.3 is 4.90 Å². The molecule has 0 bridgehead atoms. The second-order valence-corrected chi connectivity index (χ2v) is 9.98. The molecule has 0 spiro atoms. The minimum Gasteiger partial charge on any atom is -0.323 e. The molecule has 4 aromatic carbocycles. The van der Waals surface area contributed by atoms with Gasteiger partial charge in [-0.2, -0.15) is 4.58 Å². The van der Waals surface area contributed by atoms with Crippen LogP contribution in [0.25, 0.3) is 10.8 Å². The molecular formula is C32H27N2O2+. The van der Waals surface area contributed by atoms with Gasteiger partial charge >= 0.3 is 0 Å². The Morgan fingerprint density at radius 2 is 1.31 bits per heavy atom. The molecule has 1 fully saturated rings. The molecule has 0 atom stereocenters. The van der Waals surface area contributed by atoms with Gasteiger partial charge in [-0.3, -0.25) is 9.59 Å². The summed E-state index contributed by atoms with van der Waals surface area (Å²) < 4.78 is 2.12. The lowest BCUT2D eigenvalue weighted by Gasteiger charge is -2.37. The van der Waals surface area contributed by atoms with Gasteiger partial charge in [0.1, 0.15) is 7.05 Å². The molecule has 0 amide bonds. The van der Waals surface area contributed by atoms with E-state index in [0.29, 0.717) is 0 Å². The minimum atomic E-state index is -0.861. The molecular weight excluding hydrogens is 444 g/mol. The molecule has 6 rings (SSSR count). The summed E-state index contributed by atoms with van der Waals surface area (Å²) in [6.07, 6.45) is 1.82. The third-order valence-electron chi connectivity index (χ3n) is 7.53. The molecule has 2 aliphatic rings. The van der Waals surface area contributed by atoms with E-state index in [9.17, 15) is 9.59 Å². The van der Waals surface area contributed by atoms with Crippen molar-refractivity contribution < 1.29 is 14.2 Å². The fourth-order valence-corrected chi connectivity index (χ4v) is 5.75. The number of fused-ring (bicyclic) bond motifs is 3. The number of allylic oxidation sites excluding steroid dienone is 1. The number of Topliss-reactive ketones (excluding diaryl/α,β-unsaturated/α-hetero) is 2. The van der Waals surface area contributed by atoms with E-state index in [2.05, 4.69) is 48.8 Å². The Kier molecular flexibility index (Phi) is 5.01. The van der Waals surface area contributed by atoms with E-state index >= 15 is 0 Å². The molecule has 0 radical (unpaired) electrons. The number of carbonyl (C=O) groups is 2. The van der Waals surface area contributed by atoms with Gasteiger partial charge in [0.05, 0.1) is 11.0 Å². The Labute approximate surface area is 210 Å². The fraction of sp³-hybridized carbons (Fsp3) is 0.156. The maximum absolute atomic E-state index is 13.6. The highest BCUT2D eigenvalue weighted by molar-refractivity contribution is 6.44. The van der Waals surface area contributed by atoms with Crippen molar-refractivity contribution in [3.63, 3.8) is 0 Å². The Morgan fingerprint density at radius 3 is 1.92 bits per heavy atom. The summed E-state index contributed by atoms with van der Waals surface area (Å²) >= 11 is 0. The number of nitrogens with zero attached hydrogens (tertiary/aromatic N) is 2. The third-order valence-corrected chi connectivity index (χ3v) is 7.53. The van der Waals surface area contributed by atoms with Crippen LogP contribution in [0.15, 0.2) is 109 Å². The smallest absolute Gasteiger partial charge is 0.210 e. The Bertz CT molecular complexity index is 1540. The van der Waals surface area contributed by atoms with Gasteiger partial charge in [-0.05, 0) is 55.0 Å². The highest BCUT2D eigenvalue weighted by atomic mass is 16.2. The van der Waals surface area contributed by atoms with Crippen LogP contribution in [0.4, 0.5) is 17.1 Å². The zero-order valence-electron chi connectivity index (χ0n) is 20.6. The van der Waals surface area contributed by atoms with Crippen molar-refractivity contribution in [2.75, 3.05) is 11.9 Å². The summed E-state index contributed by atoms with van der Waals surface area (Å²) in [6.45, 7) is 4.33. The van der Waals surface area contributed by atoms with Crippen molar-refractivity contribution in [2.24, 2.45) is 0 Å². The predicted octanol–water partition coefficient (Wildman–Crippen LogP) is 6.13. The molecule has 4 heteroatoms. The van der Waals surface area contributed by atoms with Crippen LogP contribution < -0.4 is 4.90 Å². The number of rotatable bonds is 4. The maximum atomic E-state index is 13.6. The minimum absolute atomic E-state index is 0.148. The average Bonchev–Trinajstić information content (AvgIpc) is 3.11. The van der Waals surface area contributed by atoms with Crippen molar-refractivity contribution in [3.8, 4) is 0 Å². The first-order valence-corrected chi connectivity index (χ1v) is 12.2. The van der Waals surface area contributed by atoms with Gasteiger partial charge in [0.15, 0.2) is 23.3 Å². The summed E-state index contributed by atoms with van der Waals surface area (Å²) in [4.78, 5) is 29.0. The Hall–Kier alpha value is -4.31. The lowest BCUT2D eigenvalue weighted by Crippen LogP contribution is -2.56. The van der Waals surface area contributed by atoms with Gasteiger partial charge in [-0.1, -0.05) is 60.7 Å². The van der Waals surface area contributed by atoms with Gasteiger partial charge in [0.2, 0.25) is 5.69 Å². The fourth-order valence-electron chi connectivity index (χ4n) is 5.75. The van der Waals surface area contributed by atoms with Crippen LogP contribution in [0.5, 0.6) is 0 Å². The molecule has 0 N–H and O–H groups in total. The van der Waals surface area contributed by atoms with Crippen LogP contribution in [0.2, 0.25) is 0 Å².